The number of benzene rings is 1. The highest BCUT2D eigenvalue weighted by Crippen LogP contribution is 2.22. The van der Waals surface area contributed by atoms with Crippen LogP contribution in [0.15, 0.2) is 47.3 Å². The molecule has 2 aromatic heterocycles. The molecule has 0 aliphatic rings. The summed E-state index contributed by atoms with van der Waals surface area (Å²) < 4.78 is 7.51. The largest absolute Gasteiger partial charge is 0.424 e. The first-order chi connectivity index (χ1) is 13.3. The molecular formula is C21H22N4O3. The monoisotopic (exact) mass is 378 g/mol. The van der Waals surface area contributed by atoms with E-state index in [1.165, 1.54) is 12.1 Å². The van der Waals surface area contributed by atoms with Gasteiger partial charge in [-0.2, -0.15) is 0 Å². The van der Waals surface area contributed by atoms with Crippen molar-refractivity contribution >= 4 is 11.6 Å². The number of aromatic nitrogens is 3. The van der Waals surface area contributed by atoms with E-state index in [-0.39, 0.29) is 23.9 Å². The molecule has 3 aromatic rings. The van der Waals surface area contributed by atoms with Crippen LogP contribution in [0.2, 0.25) is 0 Å². The van der Waals surface area contributed by atoms with Crippen molar-refractivity contribution in [1.29, 1.82) is 0 Å². The molecule has 2 heterocycles. The van der Waals surface area contributed by atoms with Gasteiger partial charge in [0.15, 0.2) is 5.43 Å². The fourth-order valence-electron chi connectivity index (χ4n) is 2.96. The second-order valence-corrected chi connectivity index (χ2v) is 6.67. The number of pyridine rings is 1. The molecule has 3 rings (SSSR count). The Labute approximate surface area is 163 Å². The van der Waals surface area contributed by atoms with E-state index < -0.39 is 0 Å². The van der Waals surface area contributed by atoms with Crippen molar-refractivity contribution < 1.29 is 9.53 Å². The SMILES string of the molecule is Cc1cc(C)nc(Oc2cccc(NC(=O)Cn3c(C)cc(=O)cc3C)c2)n1. The summed E-state index contributed by atoms with van der Waals surface area (Å²) in [5.41, 5.74) is 3.65. The molecule has 144 valence electrons. The van der Waals surface area contributed by atoms with Crippen LogP contribution >= 0.6 is 0 Å². The molecule has 0 saturated heterocycles. The Hall–Kier alpha value is -3.48. The smallest absolute Gasteiger partial charge is 0.322 e. The molecular weight excluding hydrogens is 356 g/mol. The minimum Gasteiger partial charge on any atom is -0.424 e. The molecule has 0 aliphatic heterocycles. The lowest BCUT2D eigenvalue weighted by atomic mass is 10.2. The van der Waals surface area contributed by atoms with Gasteiger partial charge in [0.1, 0.15) is 12.3 Å². The number of aryl methyl sites for hydroxylation is 4. The molecule has 1 N–H and O–H groups in total. The Bertz CT molecular complexity index is 1040. The maximum absolute atomic E-state index is 12.5. The van der Waals surface area contributed by atoms with Crippen LogP contribution in [-0.2, 0) is 11.3 Å². The maximum atomic E-state index is 12.5. The van der Waals surface area contributed by atoms with Crippen molar-refractivity contribution in [2.45, 2.75) is 34.2 Å². The zero-order chi connectivity index (χ0) is 20.3. The van der Waals surface area contributed by atoms with E-state index in [2.05, 4.69) is 15.3 Å². The Morgan fingerprint density at radius 2 is 1.64 bits per heavy atom. The van der Waals surface area contributed by atoms with Gasteiger partial charge in [0.2, 0.25) is 5.91 Å². The average Bonchev–Trinajstić information content (AvgIpc) is 2.57. The molecule has 0 aliphatic carbocycles. The van der Waals surface area contributed by atoms with Crippen LogP contribution in [0.5, 0.6) is 11.8 Å². The quantitative estimate of drug-likeness (QED) is 0.736. The third kappa shape index (κ3) is 4.82. The number of amides is 1. The highest BCUT2D eigenvalue weighted by molar-refractivity contribution is 5.90. The van der Waals surface area contributed by atoms with Crippen LogP contribution in [-0.4, -0.2) is 20.4 Å². The topological polar surface area (TPSA) is 86.1 Å². The van der Waals surface area contributed by atoms with E-state index in [1.54, 1.807) is 42.7 Å². The number of anilines is 1. The van der Waals surface area contributed by atoms with Crippen LogP contribution in [0.25, 0.3) is 0 Å². The number of hydrogen-bond acceptors (Lipinski definition) is 5. The van der Waals surface area contributed by atoms with E-state index in [4.69, 9.17) is 4.74 Å². The number of hydrogen-bond donors (Lipinski definition) is 1. The first kappa shape index (κ1) is 19.3. The number of nitrogens with one attached hydrogen (secondary N) is 1. The third-order valence-electron chi connectivity index (χ3n) is 4.14. The van der Waals surface area contributed by atoms with Crippen molar-refractivity contribution in [3.63, 3.8) is 0 Å². The molecule has 28 heavy (non-hydrogen) atoms. The molecule has 7 heteroatoms. The van der Waals surface area contributed by atoms with Crippen molar-refractivity contribution in [2.75, 3.05) is 5.32 Å². The van der Waals surface area contributed by atoms with E-state index >= 15 is 0 Å². The summed E-state index contributed by atoms with van der Waals surface area (Å²) in [6.07, 6.45) is 0. The molecule has 0 atom stereocenters. The van der Waals surface area contributed by atoms with Crippen LogP contribution in [0.1, 0.15) is 22.8 Å². The molecule has 1 amide bonds. The first-order valence-electron chi connectivity index (χ1n) is 8.88. The van der Waals surface area contributed by atoms with Crippen LogP contribution in [0, 0.1) is 27.7 Å². The van der Waals surface area contributed by atoms with Crippen LogP contribution in [0.4, 0.5) is 5.69 Å². The Morgan fingerprint density at radius 1 is 1.00 bits per heavy atom. The summed E-state index contributed by atoms with van der Waals surface area (Å²) in [6.45, 7) is 7.47. The van der Waals surface area contributed by atoms with Gasteiger partial charge in [0.25, 0.3) is 0 Å². The third-order valence-corrected chi connectivity index (χ3v) is 4.14. The van der Waals surface area contributed by atoms with E-state index in [9.17, 15) is 9.59 Å². The summed E-state index contributed by atoms with van der Waals surface area (Å²) in [5, 5.41) is 2.85. The predicted octanol–water partition coefficient (Wildman–Crippen LogP) is 3.30. The van der Waals surface area contributed by atoms with Crippen LogP contribution in [0.3, 0.4) is 0 Å². The van der Waals surface area contributed by atoms with Gasteiger partial charge in [-0.3, -0.25) is 9.59 Å². The lowest BCUT2D eigenvalue weighted by molar-refractivity contribution is -0.116. The lowest BCUT2D eigenvalue weighted by Crippen LogP contribution is -2.23. The lowest BCUT2D eigenvalue weighted by Gasteiger charge is -2.14. The van der Waals surface area contributed by atoms with Gasteiger partial charge in [0, 0.05) is 46.7 Å². The summed E-state index contributed by atoms with van der Waals surface area (Å²) in [5.74, 6) is 0.327. The zero-order valence-electron chi connectivity index (χ0n) is 16.3. The molecule has 0 fully saturated rings. The molecule has 0 saturated carbocycles. The minimum absolute atomic E-state index is 0.0647. The van der Waals surface area contributed by atoms with Gasteiger partial charge < -0.3 is 14.6 Å². The number of carbonyl (C=O) groups excluding carboxylic acids is 1. The Morgan fingerprint density at radius 3 is 2.29 bits per heavy atom. The highest BCUT2D eigenvalue weighted by atomic mass is 16.5. The maximum Gasteiger partial charge on any atom is 0.322 e. The standard InChI is InChI=1S/C21H22N4O3/c1-13-8-14(2)23-21(22-13)28-19-7-5-6-17(11-19)24-20(27)12-25-15(3)9-18(26)10-16(25)4/h5-11H,12H2,1-4H3,(H,24,27). The first-order valence-corrected chi connectivity index (χ1v) is 8.88. The number of ether oxygens (including phenoxy) is 1. The van der Waals surface area contributed by atoms with Gasteiger partial charge in [-0.05, 0) is 45.9 Å². The Balaban J connectivity index is 1.72. The van der Waals surface area contributed by atoms with Gasteiger partial charge in [-0.15, -0.1) is 0 Å². The van der Waals surface area contributed by atoms with Crippen LogP contribution < -0.4 is 15.5 Å². The normalized spacial score (nSPS) is 10.6. The summed E-state index contributed by atoms with van der Waals surface area (Å²) in [4.78, 5) is 32.5. The molecule has 0 radical (unpaired) electrons. The number of nitrogens with zero attached hydrogens (tertiary/aromatic N) is 3. The van der Waals surface area contributed by atoms with Crippen molar-refractivity contribution in [2.24, 2.45) is 0 Å². The Kier molecular flexibility index (Phi) is 5.54. The highest BCUT2D eigenvalue weighted by Gasteiger charge is 2.09. The molecule has 1 aromatic carbocycles. The van der Waals surface area contributed by atoms with E-state index in [0.717, 1.165) is 22.8 Å². The average molecular weight is 378 g/mol. The number of carbonyl (C=O) groups is 1. The molecule has 0 spiro atoms. The van der Waals surface area contributed by atoms with Crippen molar-refractivity contribution in [1.82, 2.24) is 14.5 Å². The fraction of sp³-hybridized carbons (Fsp3) is 0.238. The van der Waals surface area contributed by atoms with Crippen molar-refractivity contribution in [3.05, 3.63) is 75.5 Å². The van der Waals surface area contributed by atoms with Gasteiger partial charge >= 0.3 is 6.01 Å². The minimum atomic E-state index is -0.199. The molecule has 0 bridgehead atoms. The number of rotatable bonds is 5. The summed E-state index contributed by atoms with van der Waals surface area (Å²) in [7, 11) is 0. The van der Waals surface area contributed by atoms with Gasteiger partial charge in [-0.25, -0.2) is 9.97 Å². The van der Waals surface area contributed by atoms with Gasteiger partial charge in [0.05, 0.1) is 0 Å². The fourth-order valence-corrected chi connectivity index (χ4v) is 2.96. The zero-order valence-corrected chi connectivity index (χ0v) is 16.3. The second kappa shape index (κ2) is 8.04. The van der Waals surface area contributed by atoms with E-state index in [1.807, 2.05) is 19.9 Å². The van der Waals surface area contributed by atoms with Crippen molar-refractivity contribution in [3.8, 4) is 11.8 Å². The predicted molar refractivity (Wildman–Crippen MR) is 107 cm³/mol. The summed E-state index contributed by atoms with van der Waals surface area (Å²) in [6, 6.07) is 12.2. The second-order valence-electron chi connectivity index (χ2n) is 6.67. The molecule has 0 unspecified atom stereocenters. The molecule has 7 nitrogen and oxygen atoms in total. The van der Waals surface area contributed by atoms with Gasteiger partial charge in [-0.1, -0.05) is 6.07 Å². The van der Waals surface area contributed by atoms with E-state index in [0.29, 0.717) is 11.4 Å². The summed E-state index contributed by atoms with van der Waals surface area (Å²) >= 11 is 0.